The molecule has 114 valence electrons. The fourth-order valence-corrected chi connectivity index (χ4v) is 2.76. The fourth-order valence-electron chi connectivity index (χ4n) is 2.76. The molecule has 2 amide bonds. The average Bonchev–Trinajstić information content (AvgIpc) is 2.54. The summed E-state index contributed by atoms with van der Waals surface area (Å²) in [5, 5.41) is 2.67. The number of nitrogens with two attached hydrogens (primary N) is 1. The van der Waals surface area contributed by atoms with Gasteiger partial charge < -0.3 is 16.0 Å². The summed E-state index contributed by atoms with van der Waals surface area (Å²) in [5.41, 5.74) is 7.10. The topological polar surface area (TPSA) is 75.4 Å². The second kappa shape index (κ2) is 7.22. The third-order valence-corrected chi connectivity index (χ3v) is 4.04. The van der Waals surface area contributed by atoms with Crippen molar-refractivity contribution < 1.29 is 9.59 Å². The van der Waals surface area contributed by atoms with E-state index in [1.165, 1.54) is 0 Å². The summed E-state index contributed by atoms with van der Waals surface area (Å²) in [6.07, 6.45) is 1.97. The molecule has 1 saturated heterocycles. The Hall–Kier alpha value is -1.88. The van der Waals surface area contributed by atoms with Crippen LogP contribution in [0, 0.1) is 5.92 Å². The summed E-state index contributed by atoms with van der Waals surface area (Å²) in [6, 6.07) is 9.28. The Morgan fingerprint density at radius 3 is 2.48 bits per heavy atom. The third kappa shape index (κ3) is 4.04. The van der Waals surface area contributed by atoms with Crippen LogP contribution >= 0.6 is 0 Å². The van der Waals surface area contributed by atoms with Crippen molar-refractivity contribution in [2.24, 2.45) is 11.7 Å². The molecule has 0 bridgehead atoms. The lowest BCUT2D eigenvalue weighted by Crippen LogP contribution is -2.49. The Bertz CT molecular complexity index is 482. The molecule has 1 heterocycles. The van der Waals surface area contributed by atoms with Gasteiger partial charge in [0.2, 0.25) is 11.8 Å². The van der Waals surface area contributed by atoms with Gasteiger partial charge in [-0.2, -0.15) is 0 Å². The van der Waals surface area contributed by atoms with Crippen LogP contribution in [0.4, 0.5) is 0 Å². The largest absolute Gasteiger partial charge is 0.359 e. The van der Waals surface area contributed by atoms with Gasteiger partial charge in [0, 0.05) is 26.1 Å². The Morgan fingerprint density at radius 1 is 1.29 bits per heavy atom. The number of nitrogens with one attached hydrogen (secondary N) is 1. The van der Waals surface area contributed by atoms with Crippen LogP contribution in [-0.2, 0) is 16.0 Å². The average molecular weight is 289 g/mol. The van der Waals surface area contributed by atoms with Crippen molar-refractivity contribution in [3.63, 3.8) is 0 Å². The van der Waals surface area contributed by atoms with E-state index in [1.807, 2.05) is 30.3 Å². The molecule has 1 aliphatic heterocycles. The van der Waals surface area contributed by atoms with Gasteiger partial charge in [0.1, 0.15) is 0 Å². The zero-order chi connectivity index (χ0) is 15.2. The lowest BCUT2D eigenvalue weighted by Gasteiger charge is -2.32. The Morgan fingerprint density at radius 2 is 1.90 bits per heavy atom. The molecule has 0 radical (unpaired) electrons. The van der Waals surface area contributed by atoms with E-state index in [0.29, 0.717) is 32.4 Å². The molecule has 21 heavy (non-hydrogen) atoms. The summed E-state index contributed by atoms with van der Waals surface area (Å²) in [7, 11) is 1.65. The number of carbonyl (C=O) groups excluding carboxylic acids is 2. The van der Waals surface area contributed by atoms with Crippen molar-refractivity contribution in [3.05, 3.63) is 35.9 Å². The molecule has 2 rings (SSSR count). The molecule has 0 aromatic heterocycles. The monoisotopic (exact) mass is 289 g/mol. The molecule has 1 atom stereocenters. The molecule has 1 fully saturated rings. The van der Waals surface area contributed by atoms with Crippen LogP contribution in [0.5, 0.6) is 0 Å². The van der Waals surface area contributed by atoms with Crippen molar-refractivity contribution in [2.45, 2.75) is 25.3 Å². The Kier molecular flexibility index (Phi) is 5.33. The molecule has 0 spiro atoms. The fraction of sp³-hybridized carbons (Fsp3) is 0.500. The number of hydrogen-bond acceptors (Lipinski definition) is 3. The first kappa shape index (κ1) is 15.5. The second-order valence-electron chi connectivity index (χ2n) is 5.51. The number of nitrogens with zero attached hydrogens (tertiary/aromatic N) is 1. The molecule has 5 nitrogen and oxygen atoms in total. The molecule has 3 N–H and O–H groups in total. The van der Waals surface area contributed by atoms with Crippen molar-refractivity contribution in [3.8, 4) is 0 Å². The van der Waals surface area contributed by atoms with E-state index in [0.717, 1.165) is 5.56 Å². The van der Waals surface area contributed by atoms with Crippen molar-refractivity contribution >= 4 is 11.8 Å². The second-order valence-corrected chi connectivity index (χ2v) is 5.51. The number of hydrogen-bond donors (Lipinski definition) is 2. The molecule has 0 aliphatic carbocycles. The SMILES string of the molecule is CNC(=O)C1CCN(C(=O)[C@@H](N)Cc2ccccc2)CC1. The van der Waals surface area contributed by atoms with Crippen molar-refractivity contribution in [2.75, 3.05) is 20.1 Å². The highest BCUT2D eigenvalue weighted by Crippen LogP contribution is 2.18. The van der Waals surface area contributed by atoms with Gasteiger partial charge in [-0.25, -0.2) is 0 Å². The van der Waals surface area contributed by atoms with E-state index >= 15 is 0 Å². The highest BCUT2D eigenvalue weighted by Gasteiger charge is 2.29. The zero-order valence-electron chi connectivity index (χ0n) is 12.4. The highest BCUT2D eigenvalue weighted by atomic mass is 16.2. The van der Waals surface area contributed by atoms with Gasteiger partial charge in [0.25, 0.3) is 0 Å². The van der Waals surface area contributed by atoms with E-state index in [2.05, 4.69) is 5.32 Å². The summed E-state index contributed by atoms with van der Waals surface area (Å²) < 4.78 is 0. The van der Waals surface area contributed by atoms with Crippen LogP contribution in [-0.4, -0.2) is 42.9 Å². The lowest BCUT2D eigenvalue weighted by molar-refractivity contribution is -0.136. The quantitative estimate of drug-likeness (QED) is 0.849. The van der Waals surface area contributed by atoms with E-state index in [4.69, 9.17) is 5.73 Å². The van der Waals surface area contributed by atoms with Crippen LogP contribution in [0.2, 0.25) is 0 Å². The number of rotatable bonds is 4. The first-order valence-corrected chi connectivity index (χ1v) is 7.41. The first-order chi connectivity index (χ1) is 10.1. The van der Waals surface area contributed by atoms with E-state index in [-0.39, 0.29) is 17.7 Å². The van der Waals surface area contributed by atoms with Gasteiger partial charge >= 0.3 is 0 Å². The van der Waals surface area contributed by atoms with Crippen LogP contribution in [0.1, 0.15) is 18.4 Å². The summed E-state index contributed by atoms with van der Waals surface area (Å²) >= 11 is 0. The third-order valence-electron chi connectivity index (χ3n) is 4.04. The number of amides is 2. The highest BCUT2D eigenvalue weighted by molar-refractivity contribution is 5.83. The maximum Gasteiger partial charge on any atom is 0.239 e. The van der Waals surface area contributed by atoms with E-state index in [1.54, 1.807) is 11.9 Å². The molecule has 1 aromatic rings. The Balaban J connectivity index is 1.85. The smallest absolute Gasteiger partial charge is 0.239 e. The first-order valence-electron chi connectivity index (χ1n) is 7.41. The van der Waals surface area contributed by atoms with Crippen molar-refractivity contribution in [1.82, 2.24) is 10.2 Å². The molecule has 0 unspecified atom stereocenters. The molecule has 1 aliphatic rings. The Labute approximate surface area is 125 Å². The maximum atomic E-state index is 12.3. The van der Waals surface area contributed by atoms with Gasteiger partial charge in [-0.1, -0.05) is 30.3 Å². The molecular weight excluding hydrogens is 266 g/mol. The number of benzene rings is 1. The van der Waals surface area contributed by atoms with Crippen molar-refractivity contribution in [1.29, 1.82) is 0 Å². The van der Waals surface area contributed by atoms with Crippen LogP contribution in [0.3, 0.4) is 0 Å². The minimum absolute atomic E-state index is 0.0180. The normalized spacial score (nSPS) is 17.3. The van der Waals surface area contributed by atoms with Crippen LogP contribution in [0.25, 0.3) is 0 Å². The number of piperidine rings is 1. The van der Waals surface area contributed by atoms with E-state index < -0.39 is 6.04 Å². The summed E-state index contributed by atoms with van der Waals surface area (Å²) in [5.74, 6) is 0.0642. The van der Waals surface area contributed by atoms with Gasteiger partial charge in [0.05, 0.1) is 6.04 Å². The number of carbonyl (C=O) groups is 2. The summed E-state index contributed by atoms with van der Waals surface area (Å²) in [6.45, 7) is 1.22. The van der Waals surface area contributed by atoms with Gasteiger partial charge in [-0.05, 0) is 24.8 Å². The van der Waals surface area contributed by atoms with Crippen LogP contribution < -0.4 is 11.1 Å². The maximum absolute atomic E-state index is 12.3. The molecule has 5 heteroatoms. The predicted molar refractivity (Wildman–Crippen MR) is 81.5 cm³/mol. The van der Waals surface area contributed by atoms with Crippen LogP contribution in [0.15, 0.2) is 30.3 Å². The van der Waals surface area contributed by atoms with Gasteiger partial charge in [-0.15, -0.1) is 0 Å². The molecular formula is C16H23N3O2. The molecule has 0 saturated carbocycles. The number of likely N-dealkylation sites (tertiary alicyclic amines) is 1. The zero-order valence-corrected chi connectivity index (χ0v) is 12.4. The molecule has 1 aromatic carbocycles. The van der Waals surface area contributed by atoms with E-state index in [9.17, 15) is 9.59 Å². The summed E-state index contributed by atoms with van der Waals surface area (Å²) in [4.78, 5) is 25.7. The standard InChI is InChI=1S/C16H23N3O2/c1-18-15(20)13-7-9-19(10-8-13)16(21)14(17)11-12-5-3-2-4-6-12/h2-6,13-14H,7-11,17H2,1H3,(H,18,20)/t14-/m0/s1. The van der Waals surface area contributed by atoms with Gasteiger partial charge in [-0.3, -0.25) is 9.59 Å². The predicted octanol–water partition coefficient (Wildman–Crippen LogP) is 0.541. The van der Waals surface area contributed by atoms with Gasteiger partial charge in [0.15, 0.2) is 0 Å². The minimum Gasteiger partial charge on any atom is -0.359 e. The minimum atomic E-state index is -0.510. The lowest BCUT2D eigenvalue weighted by atomic mass is 9.95.